The fraction of sp³-hybridized carbons (Fsp3) is 0.889. The number of halogens is 1. The molecule has 0 saturated carbocycles. The van der Waals surface area contributed by atoms with Crippen molar-refractivity contribution in [3.8, 4) is 0 Å². The normalized spacial score (nSPS) is 23.7. The smallest absolute Gasteiger partial charge is 0.237 e. The van der Waals surface area contributed by atoms with Gasteiger partial charge in [-0.15, -0.1) is 11.6 Å². The van der Waals surface area contributed by atoms with Crippen molar-refractivity contribution in [1.82, 2.24) is 9.80 Å². The minimum Gasteiger partial charge on any atom is -0.340 e. The van der Waals surface area contributed by atoms with Gasteiger partial charge < -0.3 is 9.80 Å². The first kappa shape index (κ1) is 10.8. The first-order valence-electron chi connectivity index (χ1n) is 4.65. The molecule has 76 valence electrons. The zero-order valence-electron chi connectivity index (χ0n) is 8.29. The molecule has 1 amide bonds. The van der Waals surface area contributed by atoms with Gasteiger partial charge in [0.15, 0.2) is 0 Å². The van der Waals surface area contributed by atoms with Gasteiger partial charge in [0.05, 0.1) is 0 Å². The molecular weight excluding hydrogens is 188 g/mol. The molecule has 0 aromatic carbocycles. The Bertz CT molecular complexity index is 184. The average molecular weight is 205 g/mol. The average Bonchev–Trinajstić information content (AvgIpc) is 2.17. The molecule has 0 spiro atoms. The fourth-order valence-corrected chi connectivity index (χ4v) is 1.86. The van der Waals surface area contributed by atoms with Crippen molar-refractivity contribution < 1.29 is 4.79 Å². The number of carbonyl (C=O) groups is 1. The zero-order valence-corrected chi connectivity index (χ0v) is 9.05. The lowest BCUT2D eigenvalue weighted by Crippen LogP contribution is -2.47. The fourth-order valence-electron chi connectivity index (χ4n) is 1.69. The number of likely N-dealkylation sites (N-methyl/N-ethyl adjacent to an activating group) is 1. The Hall–Kier alpha value is -0.280. The Balaban J connectivity index is 2.46. The van der Waals surface area contributed by atoms with Crippen LogP contribution in [0.3, 0.4) is 0 Å². The Morgan fingerprint density at radius 1 is 1.62 bits per heavy atom. The predicted octanol–water partition coefficient (Wildman–Crippen LogP) is 0.778. The van der Waals surface area contributed by atoms with Gasteiger partial charge in [-0.05, 0) is 26.9 Å². The van der Waals surface area contributed by atoms with Crippen molar-refractivity contribution in [2.75, 3.05) is 33.1 Å². The summed E-state index contributed by atoms with van der Waals surface area (Å²) in [5.41, 5.74) is 0. The Morgan fingerprint density at radius 3 is 2.85 bits per heavy atom. The predicted molar refractivity (Wildman–Crippen MR) is 54.0 cm³/mol. The first-order valence-corrected chi connectivity index (χ1v) is 5.18. The monoisotopic (exact) mass is 204 g/mol. The van der Waals surface area contributed by atoms with E-state index in [2.05, 4.69) is 19.0 Å². The van der Waals surface area contributed by atoms with E-state index in [9.17, 15) is 4.79 Å². The summed E-state index contributed by atoms with van der Waals surface area (Å²) >= 11 is 5.51. The summed E-state index contributed by atoms with van der Waals surface area (Å²) in [7, 11) is 4.11. The molecular formula is C9H17ClN2O. The van der Waals surface area contributed by atoms with E-state index in [0.29, 0.717) is 6.04 Å². The van der Waals surface area contributed by atoms with Crippen LogP contribution in [0.15, 0.2) is 0 Å². The number of carbonyl (C=O) groups excluding carboxylic acids is 1. The van der Waals surface area contributed by atoms with Gasteiger partial charge >= 0.3 is 0 Å². The van der Waals surface area contributed by atoms with Crippen molar-refractivity contribution in [3.05, 3.63) is 0 Å². The highest BCUT2D eigenvalue weighted by Gasteiger charge is 2.23. The van der Waals surface area contributed by atoms with Crippen LogP contribution in [-0.2, 0) is 4.79 Å². The number of nitrogens with zero attached hydrogens (tertiary/aromatic N) is 2. The Kier molecular flexibility index (Phi) is 4.00. The summed E-state index contributed by atoms with van der Waals surface area (Å²) in [6, 6.07) is 0.501. The lowest BCUT2D eigenvalue weighted by Gasteiger charge is -2.35. The van der Waals surface area contributed by atoms with Gasteiger partial charge in [0.25, 0.3) is 0 Å². The summed E-state index contributed by atoms with van der Waals surface area (Å²) in [5.74, 6) is 0.174. The van der Waals surface area contributed by atoms with Crippen molar-refractivity contribution in [1.29, 1.82) is 0 Å². The molecule has 1 aliphatic heterocycles. The first-order chi connectivity index (χ1) is 6.15. The van der Waals surface area contributed by atoms with Crippen LogP contribution in [0.1, 0.15) is 12.8 Å². The van der Waals surface area contributed by atoms with E-state index in [0.717, 1.165) is 19.5 Å². The standard InChI is InChI=1S/C9H17ClN2O/c1-11(2)8-4-3-5-12(7-8)9(13)6-10/h8H,3-7H2,1-2H3. The highest BCUT2D eigenvalue weighted by Crippen LogP contribution is 2.13. The molecule has 1 aliphatic rings. The van der Waals surface area contributed by atoms with Gasteiger partial charge in [-0.3, -0.25) is 4.79 Å². The second-order valence-corrected chi connectivity index (χ2v) is 4.00. The van der Waals surface area contributed by atoms with Crippen molar-refractivity contribution in [2.24, 2.45) is 0 Å². The van der Waals surface area contributed by atoms with Gasteiger partial charge in [0.2, 0.25) is 5.91 Å². The van der Waals surface area contributed by atoms with Crippen molar-refractivity contribution >= 4 is 17.5 Å². The molecule has 1 unspecified atom stereocenters. The third-order valence-corrected chi connectivity index (χ3v) is 2.82. The largest absolute Gasteiger partial charge is 0.340 e. The van der Waals surface area contributed by atoms with E-state index in [1.54, 1.807) is 0 Å². The number of amides is 1. The highest BCUT2D eigenvalue weighted by atomic mass is 35.5. The van der Waals surface area contributed by atoms with Crippen LogP contribution < -0.4 is 0 Å². The van der Waals surface area contributed by atoms with E-state index < -0.39 is 0 Å². The third-order valence-electron chi connectivity index (χ3n) is 2.59. The molecule has 0 bridgehead atoms. The van der Waals surface area contributed by atoms with E-state index in [4.69, 9.17) is 11.6 Å². The summed E-state index contributed by atoms with van der Waals surface area (Å²) in [6.45, 7) is 1.70. The van der Waals surface area contributed by atoms with Crippen LogP contribution in [0, 0.1) is 0 Å². The van der Waals surface area contributed by atoms with Crippen molar-refractivity contribution in [3.63, 3.8) is 0 Å². The third kappa shape index (κ3) is 2.85. The maximum absolute atomic E-state index is 11.3. The molecule has 0 aliphatic carbocycles. The second-order valence-electron chi connectivity index (χ2n) is 3.73. The molecule has 4 heteroatoms. The molecule has 1 fully saturated rings. The number of likely N-dealkylation sites (tertiary alicyclic amines) is 1. The van der Waals surface area contributed by atoms with Crippen LogP contribution in [-0.4, -0.2) is 54.8 Å². The second kappa shape index (κ2) is 4.82. The molecule has 1 heterocycles. The topological polar surface area (TPSA) is 23.6 Å². The van der Waals surface area contributed by atoms with E-state index >= 15 is 0 Å². The molecule has 0 radical (unpaired) electrons. The summed E-state index contributed by atoms with van der Waals surface area (Å²) in [5, 5.41) is 0. The molecule has 1 saturated heterocycles. The van der Waals surface area contributed by atoms with Gasteiger partial charge in [0.1, 0.15) is 5.88 Å². The van der Waals surface area contributed by atoms with E-state index in [1.165, 1.54) is 6.42 Å². The molecule has 1 rings (SSSR count). The number of piperidine rings is 1. The van der Waals surface area contributed by atoms with Crippen LogP contribution >= 0.6 is 11.6 Å². The molecule has 0 aromatic rings. The van der Waals surface area contributed by atoms with Gasteiger partial charge in [0, 0.05) is 19.1 Å². The molecule has 3 nitrogen and oxygen atoms in total. The van der Waals surface area contributed by atoms with Gasteiger partial charge in [-0.1, -0.05) is 0 Å². The van der Waals surface area contributed by atoms with Gasteiger partial charge in [-0.25, -0.2) is 0 Å². The summed E-state index contributed by atoms with van der Waals surface area (Å²) in [6.07, 6.45) is 2.27. The van der Waals surface area contributed by atoms with Crippen LogP contribution in [0.2, 0.25) is 0 Å². The van der Waals surface area contributed by atoms with Crippen LogP contribution in [0.4, 0.5) is 0 Å². The molecule has 13 heavy (non-hydrogen) atoms. The molecule has 0 aromatic heterocycles. The minimum atomic E-state index is 0.0632. The number of rotatable bonds is 2. The maximum atomic E-state index is 11.3. The minimum absolute atomic E-state index is 0.0632. The lowest BCUT2D eigenvalue weighted by molar-refractivity contribution is -0.130. The Morgan fingerprint density at radius 2 is 2.31 bits per heavy atom. The molecule has 0 N–H and O–H groups in total. The van der Waals surface area contributed by atoms with E-state index in [-0.39, 0.29) is 11.8 Å². The summed E-state index contributed by atoms with van der Waals surface area (Å²) < 4.78 is 0. The zero-order chi connectivity index (χ0) is 9.84. The number of hydrogen-bond donors (Lipinski definition) is 0. The van der Waals surface area contributed by atoms with Crippen LogP contribution in [0.25, 0.3) is 0 Å². The summed E-state index contributed by atoms with van der Waals surface area (Å²) in [4.78, 5) is 15.3. The van der Waals surface area contributed by atoms with E-state index in [1.807, 2.05) is 4.90 Å². The van der Waals surface area contributed by atoms with Crippen LogP contribution in [0.5, 0.6) is 0 Å². The number of hydrogen-bond acceptors (Lipinski definition) is 2. The molecule has 1 atom stereocenters. The Labute approximate surface area is 84.6 Å². The van der Waals surface area contributed by atoms with Gasteiger partial charge in [-0.2, -0.15) is 0 Å². The number of alkyl halides is 1. The highest BCUT2D eigenvalue weighted by molar-refractivity contribution is 6.27. The van der Waals surface area contributed by atoms with Crippen molar-refractivity contribution in [2.45, 2.75) is 18.9 Å². The SMILES string of the molecule is CN(C)C1CCCN(C(=O)CCl)C1. The maximum Gasteiger partial charge on any atom is 0.237 e. The lowest BCUT2D eigenvalue weighted by atomic mass is 10.1. The quantitative estimate of drug-likeness (QED) is 0.621.